The van der Waals surface area contributed by atoms with E-state index in [1.165, 1.54) is 18.0 Å². The molecule has 4 rings (SSSR count). The van der Waals surface area contributed by atoms with Crippen molar-refractivity contribution >= 4 is 11.6 Å². The van der Waals surface area contributed by atoms with Crippen LogP contribution in [-0.2, 0) is 19.5 Å². The summed E-state index contributed by atoms with van der Waals surface area (Å²) in [6.07, 6.45) is 4.36. The highest BCUT2D eigenvalue weighted by atomic mass is 35.5. The number of hydrogen-bond donors (Lipinski definition) is 0. The molecule has 0 spiro atoms. The van der Waals surface area contributed by atoms with Gasteiger partial charge in [-0.3, -0.25) is 0 Å². The van der Waals surface area contributed by atoms with E-state index in [1.807, 2.05) is 30.3 Å². The van der Waals surface area contributed by atoms with Crippen molar-refractivity contribution in [1.29, 1.82) is 0 Å². The zero-order valence-electron chi connectivity index (χ0n) is 12.7. The molecular formula is C19H17ClFN2+. The maximum atomic E-state index is 13.2. The number of rotatable bonds is 3. The minimum atomic E-state index is -0.203. The molecule has 3 aromatic rings. The van der Waals surface area contributed by atoms with Gasteiger partial charge in [0.25, 0.3) is 5.82 Å². The van der Waals surface area contributed by atoms with Gasteiger partial charge in [0.2, 0.25) is 0 Å². The van der Waals surface area contributed by atoms with Gasteiger partial charge in [-0.25, -0.2) is 13.5 Å². The van der Waals surface area contributed by atoms with Crippen LogP contribution in [0.5, 0.6) is 0 Å². The molecule has 0 unspecified atom stereocenters. The molecule has 1 aromatic heterocycles. The van der Waals surface area contributed by atoms with Gasteiger partial charge in [-0.05, 0) is 36.8 Å². The van der Waals surface area contributed by atoms with Crippen LogP contribution < -0.4 is 4.57 Å². The summed E-state index contributed by atoms with van der Waals surface area (Å²) >= 11 is 6.30. The highest BCUT2D eigenvalue weighted by Crippen LogP contribution is 2.25. The topological polar surface area (TPSA) is 8.81 Å². The second kappa shape index (κ2) is 5.82. The Balaban J connectivity index is 1.76. The van der Waals surface area contributed by atoms with Crippen LogP contribution in [0.15, 0.2) is 54.7 Å². The molecule has 2 heterocycles. The first-order valence-electron chi connectivity index (χ1n) is 7.83. The molecule has 116 valence electrons. The van der Waals surface area contributed by atoms with Crippen molar-refractivity contribution < 1.29 is 8.96 Å². The van der Waals surface area contributed by atoms with Gasteiger partial charge in [0.05, 0.1) is 13.0 Å². The Morgan fingerprint density at radius 1 is 1.09 bits per heavy atom. The summed E-state index contributed by atoms with van der Waals surface area (Å²) < 4.78 is 17.8. The molecule has 0 radical (unpaired) electrons. The molecule has 1 aliphatic rings. The van der Waals surface area contributed by atoms with E-state index in [4.69, 9.17) is 11.6 Å². The minimum Gasteiger partial charge on any atom is -0.229 e. The van der Waals surface area contributed by atoms with Crippen LogP contribution >= 0.6 is 11.6 Å². The molecule has 0 amide bonds. The Morgan fingerprint density at radius 3 is 2.65 bits per heavy atom. The Morgan fingerprint density at radius 2 is 1.87 bits per heavy atom. The van der Waals surface area contributed by atoms with E-state index in [0.717, 1.165) is 47.8 Å². The lowest BCUT2D eigenvalue weighted by Crippen LogP contribution is -2.36. The second-order valence-corrected chi connectivity index (χ2v) is 6.32. The van der Waals surface area contributed by atoms with Crippen molar-refractivity contribution in [1.82, 2.24) is 4.57 Å². The van der Waals surface area contributed by atoms with E-state index in [2.05, 4.69) is 21.4 Å². The van der Waals surface area contributed by atoms with Crippen molar-refractivity contribution in [2.24, 2.45) is 0 Å². The molecule has 0 saturated heterocycles. The first kappa shape index (κ1) is 14.5. The SMILES string of the molecule is Fc1ccc(-c2c[n+](Cc3ccccc3Cl)c3n2CCC3)cc1. The number of nitrogens with zero attached hydrogens (tertiary/aromatic N) is 2. The summed E-state index contributed by atoms with van der Waals surface area (Å²) in [5, 5.41) is 0.793. The molecule has 0 bridgehead atoms. The van der Waals surface area contributed by atoms with E-state index in [9.17, 15) is 4.39 Å². The van der Waals surface area contributed by atoms with Gasteiger partial charge < -0.3 is 0 Å². The van der Waals surface area contributed by atoms with Crippen LogP contribution in [-0.4, -0.2) is 4.57 Å². The molecule has 0 fully saturated rings. The fraction of sp³-hybridized carbons (Fsp3) is 0.211. The Bertz CT molecular complexity index is 852. The Labute approximate surface area is 139 Å². The zero-order valence-corrected chi connectivity index (χ0v) is 13.4. The first-order chi connectivity index (χ1) is 11.2. The first-order valence-corrected chi connectivity index (χ1v) is 8.21. The largest absolute Gasteiger partial charge is 0.257 e. The molecular weight excluding hydrogens is 311 g/mol. The predicted octanol–water partition coefficient (Wildman–Crippen LogP) is 4.23. The third-order valence-electron chi connectivity index (χ3n) is 4.43. The lowest BCUT2D eigenvalue weighted by atomic mass is 10.1. The molecule has 1 aliphatic heterocycles. The standard InChI is InChI=1S/C19H17ClFN2/c20-17-5-2-1-4-15(17)12-22-13-18(23-11-3-6-19(22)23)14-7-9-16(21)10-8-14/h1-2,4-5,7-10,13H,3,6,11-12H2/q+1. The number of halogens is 2. The minimum absolute atomic E-state index is 0.203. The number of benzene rings is 2. The Hall–Kier alpha value is -2.13. The number of fused-ring (bicyclic) bond motifs is 1. The summed E-state index contributed by atoms with van der Waals surface area (Å²) in [4.78, 5) is 0. The van der Waals surface area contributed by atoms with Crippen molar-refractivity contribution in [2.75, 3.05) is 0 Å². The number of aromatic nitrogens is 2. The molecule has 23 heavy (non-hydrogen) atoms. The average Bonchev–Trinajstić information content (AvgIpc) is 3.14. The molecule has 0 N–H and O–H groups in total. The lowest BCUT2D eigenvalue weighted by Gasteiger charge is -2.02. The smallest absolute Gasteiger partial charge is 0.229 e. The second-order valence-electron chi connectivity index (χ2n) is 5.91. The van der Waals surface area contributed by atoms with Crippen molar-refractivity contribution in [2.45, 2.75) is 25.9 Å². The van der Waals surface area contributed by atoms with Crippen LogP contribution in [0.1, 0.15) is 17.8 Å². The molecule has 0 aliphatic carbocycles. The van der Waals surface area contributed by atoms with E-state index < -0.39 is 0 Å². The number of hydrogen-bond acceptors (Lipinski definition) is 0. The summed E-state index contributed by atoms with van der Waals surface area (Å²) in [5.74, 6) is 1.11. The summed E-state index contributed by atoms with van der Waals surface area (Å²) in [6.45, 7) is 1.77. The van der Waals surface area contributed by atoms with Gasteiger partial charge in [-0.15, -0.1) is 0 Å². The third-order valence-corrected chi connectivity index (χ3v) is 4.80. The Kier molecular flexibility index (Phi) is 3.66. The van der Waals surface area contributed by atoms with E-state index in [1.54, 1.807) is 0 Å². The molecule has 2 aromatic carbocycles. The highest BCUT2D eigenvalue weighted by Gasteiger charge is 2.28. The maximum absolute atomic E-state index is 13.2. The van der Waals surface area contributed by atoms with Gasteiger partial charge in [-0.2, -0.15) is 0 Å². The van der Waals surface area contributed by atoms with Gasteiger partial charge in [0.15, 0.2) is 5.69 Å². The van der Waals surface area contributed by atoms with Gasteiger partial charge in [0, 0.05) is 16.1 Å². The number of imidazole rings is 1. The lowest BCUT2D eigenvalue weighted by molar-refractivity contribution is -0.694. The van der Waals surface area contributed by atoms with Crippen molar-refractivity contribution in [3.63, 3.8) is 0 Å². The zero-order chi connectivity index (χ0) is 15.8. The van der Waals surface area contributed by atoms with E-state index in [-0.39, 0.29) is 5.82 Å². The van der Waals surface area contributed by atoms with Crippen LogP contribution in [0.4, 0.5) is 4.39 Å². The molecule has 0 saturated carbocycles. The maximum Gasteiger partial charge on any atom is 0.257 e. The van der Waals surface area contributed by atoms with Gasteiger partial charge >= 0.3 is 0 Å². The van der Waals surface area contributed by atoms with Crippen molar-refractivity contribution in [3.05, 3.63) is 77.0 Å². The quantitative estimate of drug-likeness (QED) is 0.637. The average molecular weight is 328 g/mol. The summed E-state index contributed by atoms with van der Waals surface area (Å²) in [7, 11) is 0. The van der Waals surface area contributed by atoms with E-state index in [0.29, 0.717) is 0 Å². The molecule has 2 nitrogen and oxygen atoms in total. The summed E-state index contributed by atoms with van der Waals surface area (Å²) in [6, 6.07) is 14.7. The van der Waals surface area contributed by atoms with E-state index >= 15 is 0 Å². The van der Waals surface area contributed by atoms with Crippen LogP contribution in [0.3, 0.4) is 0 Å². The fourth-order valence-corrected chi connectivity index (χ4v) is 3.50. The third kappa shape index (κ3) is 2.66. The van der Waals surface area contributed by atoms with Gasteiger partial charge in [-0.1, -0.05) is 29.8 Å². The monoisotopic (exact) mass is 327 g/mol. The molecule has 0 atom stereocenters. The molecule has 4 heteroatoms. The van der Waals surface area contributed by atoms with Crippen LogP contribution in [0.25, 0.3) is 11.3 Å². The van der Waals surface area contributed by atoms with Gasteiger partial charge in [0.1, 0.15) is 18.6 Å². The fourth-order valence-electron chi connectivity index (χ4n) is 3.31. The highest BCUT2D eigenvalue weighted by molar-refractivity contribution is 6.31. The van der Waals surface area contributed by atoms with Crippen LogP contribution in [0.2, 0.25) is 5.02 Å². The normalized spacial score (nSPS) is 13.3. The van der Waals surface area contributed by atoms with Crippen LogP contribution in [0, 0.1) is 5.82 Å². The summed E-state index contributed by atoms with van der Waals surface area (Å²) in [5.41, 5.74) is 3.31. The van der Waals surface area contributed by atoms with Crippen molar-refractivity contribution in [3.8, 4) is 11.3 Å². The predicted molar refractivity (Wildman–Crippen MR) is 88.9 cm³/mol.